The van der Waals surface area contributed by atoms with Crippen LogP contribution in [0.3, 0.4) is 0 Å². The predicted octanol–water partition coefficient (Wildman–Crippen LogP) is 5.31. The van der Waals surface area contributed by atoms with Gasteiger partial charge in [0.2, 0.25) is 11.8 Å². The van der Waals surface area contributed by atoms with Crippen molar-refractivity contribution in [3.05, 3.63) is 87.4 Å². The summed E-state index contributed by atoms with van der Waals surface area (Å²) in [5.74, 6) is -0.624. The number of fused-ring (bicyclic) bond motifs is 1. The molecule has 2 amide bonds. The third kappa shape index (κ3) is 4.82. The van der Waals surface area contributed by atoms with Gasteiger partial charge in [0.15, 0.2) is 0 Å². The number of carbonyl (C=O) groups excluding carboxylic acids is 2. The molecule has 0 aliphatic carbocycles. The number of nitrogens with one attached hydrogen (secondary N) is 2. The molecule has 7 heteroatoms. The van der Waals surface area contributed by atoms with E-state index in [2.05, 4.69) is 32.6 Å². The smallest absolute Gasteiger partial charge is 0.234 e. The van der Waals surface area contributed by atoms with Crippen LogP contribution in [0.15, 0.2) is 81.8 Å². The summed E-state index contributed by atoms with van der Waals surface area (Å²) in [4.78, 5) is 24.9. The zero-order valence-electron chi connectivity index (χ0n) is 16.4. The summed E-state index contributed by atoms with van der Waals surface area (Å²) in [6.45, 7) is 0. The standard InChI is InChI=1S/C24H18BrN3O2S/c25-17-8-3-7-16(11-17)19-12-22(29)28-24(20(19)13-26)31-14-23(30)27-21-10-4-6-15-5-1-2-9-18(15)21/h1-11,19H,12,14H2,(H,27,30)(H,28,29)/t19-/m1/s1. The molecule has 1 aliphatic rings. The number of anilines is 1. The van der Waals surface area contributed by atoms with Gasteiger partial charge in [-0.15, -0.1) is 0 Å². The van der Waals surface area contributed by atoms with Gasteiger partial charge in [0, 0.05) is 27.9 Å². The molecule has 3 aromatic rings. The number of allylic oxidation sites excluding steroid dienone is 1. The Bertz CT molecular complexity index is 1240. The molecule has 1 aliphatic heterocycles. The molecule has 0 radical (unpaired) electrons. The second-order valence-electron chi connectivity index (χ2n) is 7.08. The van der Waals surface area contributed by atoms with Crippen LogP contribution < -0.4 is 10.6 Å². The maximum absolute atomic E-state index is 12.6. The van der Waals surface area contributed by atoms with Gasteiger partial charge in [0.1, 0.15) is 0 Å². The molecule has 0 unspecified atom stereocenters. The Labute approximate surface area is 192 Å². The lowest BCUT2D eigenvalue weighted by Crippen LogP contribution is -2.31. The van der Waals surface area contributed by atoms with E-state index in [0.717, 1.165) is 26.5 Å². The SMILES string of the molecule is N#CC1=C(SCC(=O)Nc2cccc3ccccc23)NC(=O)C[C@@H]1c1cccc(Br)c1. The number of amides is 2. The zero-order valence-corrected chi connectivity index (χ0v) is 18.8. The van der Waals surface area contributed by atoms with Gasteiger partial charge in [-0.2, -0.15) is 5.26 Å². The highest BCUT2D eigenvalue weighted by Gasteiger charge is 2.30. The van der Waals surface area contributed by atoms with Gasteiger partial charge in [-0.1, -0.05) is 76.2 Å². The average molecular weight is 492 g/mol. The van der Waals surface area contributed by atoms with Crippen LogP contribution in [0.4, 0.5) is 5.69 Å². The average Bonchev–Trinajstić information content (AvgIpc) is 2.77. The highest BCUT2D eigenvalue weighted by Crippen LogP contribution is 2.36. The fourth-order valence-corrected chi connectivity index (χ4v) is 4.89. The molecule has 0 spiro atoms. The Kier molecular flexibility index (Phi) is 6.40. The van der Waals surface area contributed by atoms with Gasteiger partial charge in [0.05, 0.1) is 22.4 Å². The Morgan fingerprint density at radius 2 is 1.94 bits per heavy atom. The topological polar surface area (TPSA) is 82.0 Å². The fraction of sp³-hybridized carbons (Fsp3) is 0.125. The van der Waals surface area contributed by atoms with Crippen LogP contribution in [0.25, 0.3) is 10.8 Å². The van der Waals surface area contributed by atoms with Crippen molar-refractivity contribution >= 4 is 56.0 Å². The van der Waals surface area contributed by atoms with Gasteiger partial charge in [-0.3, -0.25) is 9.59 Å². The van der Waals surface area contributed by atoms with E-state index in [9.17, 15) is 14.9 Å². The number of halogens is 1. The Morgan fingerprint density at radius 1 is 1.16 bits per heavy atom. The quantitative estimate of drug-likeness (QED) is 0.506. The molecule has 3 aromatic carbocycles. The molecular formula is C24H18BrN3O2S. The zero-order chi connectivity index (χ0) is 21.8. The van der Waals surface area contributed by atoms with Gasteiger partial charge in [-0.05, 0) is 29.1 Å². The van der Waals surface area contributed by atoms with Crippen molar-refractivity contribution in [2.75, 3.05) is 11.1 Å². The number of nitrogens with zero attached hydrogens (tertiary/aromatic N) is 1. The first kappa shape index (κ1) is 21.2. The Morgan fingerprint density at radius 3 is 2.74 bits per heavy atom. The maximum atomic E-state index is 12.6. The van der Waals surface area contributed by atoms with Gasteiger partial charge < -0.3 is 10.6 Å². The fourth-order valence-electron chi connectivity index (χ4n) is 3.60. The molecule has 154 valence electrons. The lowest BCUT2D eigenvalue weighted by Gasteiger charge is -2.25. The number of hydrogen-bond donors (Lipinski definition) is 2. The van der Waals surface area contributed by atoms with Crippen LogP contribution in [0.1, 0.15) is 17.9 Å². The van der Waals surface area contributed by atoms with E-state index in [1.807, 2.05) is 66.7 Å². The molecule has 0 bridgehead atoms. The van der Waals surface area contributed by atoms with E-state index in [-0.39, 0.29) is 29.9 Å². The Balaban J connectivity index is 1.52. The molecule has 5 nitrogen and oxygen atoms in total. The van der Waals surface area contributed by atoms with Gasteiger partial charge in [0.25, 0.3) is 0 Å². The first-order valence-corrected chi connectivity index (χ1v) is 11.4. The third-order valence-electron chi connectivity index (χ3n) is 5.02. The van der Waals surface area contributed by atoms with E-state index >= 15 is 0 Å². The molecule has 1 heterocycles. The molecule has 1 atom stereocenters. The van der Waals surface area contributed by atoms with Crippen LogP contribution in [0, 0.1) is 11.3 Å². The van der Waals surface area contributed by atoms with Crippen LogP contribution >= 0.6 is 27.7 Å². The molecule has 0 fully saturated rings. The van der Waals surface area contributed by atoms with Crippen LogP contribution in [-0.2, 0) is 9.59 Å². The molecule has 2 N–H and O–H groups in total. The normalized spacial score (nSPS) is 16.0. The second-order valence-corrected chi connectivity index (χ2v) is 8.98. The number of rotatable bonds is 5. The summed E-state index contributed by atoms with van der Waals surface area (Å²) in [6, 6.07) is 23.4. The highest BCUT2D eigenvalue weighted by atomic mass is 79.9. The molecule has 0 saturated heterocycles. The van der Waals surface area contributed by atoms with Crippen molar-refractivity contribution in [2.45, 2.75) is 12.3 Å². The minimum absolute atomic E-state index is 0.0786. The summed E-state index contributed by atoms with van der Waals surface area (Å²) < 4.78 is 0.886. The monoisotopic (exact) mass is 491 g/mol. The lowest BCUT2D eigenvalue weighted by molar-refractivity contribution is -0.121. The molecule has 0 saturated carbocycles. The summed E-state index contributed by atoms with van der Waals surface area (Å²) in [5.41, 5.74) is 2.10. The third-order valence-corrected chi connectivity index (χ3v) is 6.53. The number of hydrogen-bond acceptors (Lipinski definition) is 4. The predicted molar refractivity (Wildman–Crippen MR) is 127 cm³/mol. The van der Waals surface area contributed by atoms with Crippen molar-refractivity contribution in [3.63, 3.8) is 0 Å². The highest BCUT2D eigenvalue weighted by molar-refractivity contribution is 9.10. The van der Waals surface area contributed by atoms with E-state index in [1.165, 1.54) is 11.8 Å². The first-order chi connectivity index (χ1) is 15.0. The summed E-state index contributed by atoms with van der Waals surface area (Å²) in [5, 5.41) is 17.9. The molecular weight excluding hydrogens is 474 g/mol. The lowest BCUT2D eigenvalue weighted by atomic mass is 9.87. The number of thioether (sulfide) groups is 1. The van der Waals surface area contributed by atoms with Crippen molar-refractivity contribution in [1.29, 1.82) is 5.26 Å². The minimum Gasteiger partial charge on any atom is -0.325 e. The molecule has 4 rings (SSSR count). The van der Waals surface area contributed by atoms with E-state index in [4.69, 9.17) is 0 Å². The largest absolute Gasteiger partial charge is 0.325 e. The molecule has 0 aromatic heterocycles. The molecule has 31 heavy (non-hydrogen) atoms. The van der Waals surface area contributed by atoms with Crippen molar-refractivity contribution < 1.29 is 9.59 Å². The first-order valence-electron chi connectivity index (χ1n) is 9.65. The van der Waals surface area contributed by atoms with Gasteiger partial charge >= 0.3 is 0 Å². The summed E-state index contributed by atoms with van der Waals surface area (Å²) in [7, 11) is 0. The van der Waals surface area contributed by atoms with Crippen LogP contribution in [-0.4, -0.2) is 17.6 Å². The Hall–Kier alpha value is -3.08. The minimum atomic E-state index is -0.333. The second kappa shape index (κ2) is 9.38. The van der Waals surface area contributed by atoms with E-state index < -0.39 is 0 Å². The number of benzene rings is 3. The van der Waals surface area contributed by atoms with Crippen molar-refractivity contribution in [2.24, 2.45) is 0 Å². The number of nitriles is 1. The van der Waals surface area contributed by atoms with Crippen LogP contribution in [0.5, 0.6) is 0 Å². The summed E-state index contributed by atoms with van der Waals surface area (Å²) in [6.07, 6.45) is 0.200. The maximum Gasteiger partial charge on any atom is 0.234 e. The van der Waals surface area contributed by atoms with Gasteiger partial charge in [-0.25, -0.2) is 0 Å². The van der Waals surface area contributed by atoms with E-state index in [0.29, 0.717) is 10.6 Å². The van der Waals surface area contributed by atoms with Crippen molar-refractivity contribution in [1.82, 2.24) is 5.32 Å². The number of carbonyl (C=O) groups is 2. The van der Waals surface area contributed by atoms with Crippen molar-refractivity contribution in [3.8, 4) is 6.07 Å². The summed E-state index contributed by atoms with van der Waals surface area (Å²) >= 11 is 4.61. The van der Waals surface area contributed by atoms with E-state index in [1.54, 1.807) is 0 Å². The van der Waals surface area contributed by atoms with Crippen LogP contribution in [0.2, 0.25) is 0 Å².